The standard InChI is InChI=1S/C9H8IN3O2/c1-5-3-8-6(4-7(5)13(14)15)9(10)11-12(8)2/h3-4H,1-2H3. The Morgan fingerprint density at radius 3 is 2.80 bits per heavy atom. The zero-order valence-corrected chi connectivity index (χ0v) is 10.3. The molecular weight excluding hydrogens is 309 g/mol. The van der Waals surface area contributed by atoms with E-state index in [-0.39, 0.29) is 10.6 Å². The first-order valence-corrected chi connectivity index (χ1v) is 5.36. The van der Waals surface area contributed by atoms with Gasteiger partial charge in [-0.15, -0.1) is 0 Å². The molecule has 78 valence electrons. The first-order valence-electron chi connectivity index (χ1n) is 4.28. The summed E-state index contributed by atoms with van der Waals surface area (Å²) >= 11 is 2.08. The second kappa shape index (κ2) is 3.44. The number of rotatable bonds is 1. The summed E-state index contributed by atoms with van der Waals surface area (Å²) in [6.07, 6.45) is 0. The fraction of sp³-hybridized carbons (Fsp3) is 0.222. The summed E-state index contributed by atoms with van der Waals surface area (Å²) in [4.78, 5) is 10.4. The van der Waals surface area contributed by atoms with E-state index in [4.69, 9.17) is 0 Å². The summed E-state index contributed by atoms with van der Waals surface area (Å²) in [5.74, 6) is 0. The van der Waals surface area contributed by atoms with Crippen LogP contribution in [0, 0.1) is 20.7 Å². The van der Waals surface area contributed by atoms with Gasteiger partial charge in [0.2, 0.25) is 0 Å². The third-order valence-electron chi connectivity index (χ3n) is 2.32. The first-order chi connectivity index (χ1) is 7.00. The molecule has 0 atom stereocenters. The van der Waals surface area contributed by atoms with E-state index in [1.807, 2.05) is 7.05 Å². The highest BCUT2D eigenvalue weighted by molar-refractivity contribution is 14.1. The van der Waals surface area contributed by atoms with Crippen molar-refractivity contribution in [3.8, 4) is 0 Å². The monoisotopic (exact) mass is 317 g/mol. The Labute approximate surface area is 99.4 Å². The van der Waals surface area contributed by atoms with Gasteiger partial charge in [0.05, 0.1) is 10.4 Å². The van der Waals surface area contributed by atoms with Gasteiger partial charge >= 0.3 is 0 Å². The summed E-state index contributed by atoms with van der Waals surface area (Å²) < 4.78 is 2.52. The van der Waals surface area contributed by atoms with Crippen molar-refractivity contribution >= 4 is 39.2 Å². The van der Waals surface area contributed by atoms with Crippen LogP contribution in [0.4, 0.5) is 5.69 Å². The van der Waals surface area contributed by atoms with Crippen molar-refractivity contribution < 1.29 is 4.92 Å². The second-order valence-electron chi connectivity index (χ2n) is 3.33. The predicted molar refractivity (Wildman–Crippen MR) is 64.8 cm³/mol. The zero-order chi connectivity index (χ0) is 11.2. The maximum absolute atomic E-state index is 10.8. The van der Waals surface area contributed by atoms with E-state index in [1.165, 1.54) is 0 Å². The summed E-state index contributed by atoms with van der Waals surface area (Å²) in [6, 6.07) is 3.38. The Bertz CT molecular complexity index is 562. The quantitative estimate of drug-likeness (QED) is 0.461. The van der Waals surface area contributed by atoms with Crippen molar-refractivity contribution in [3.63, 3.8) is 0 Å². The minimum absolute atomic E-state index is 0.147. The van der Waals surface area contributed by atoms with E-state index in [0.29, 0.717) is 5.56 Å². The number of nitro groups is 1. The smallest absolute Gasteiger partial charge is 0.267 e. The highest BCUT2D eigenvalue weighted by Crippen LogP contribution is 2.27. The van der Waals surface area contributed by atoms with Gasteiger partial charge in [0, 0.05) is 24.1 Å². The van der Waals surface area contributed by atoms with Crippen LogP contribution in [0.15, 0.2) is 12.1 Å². The van der Waals surface area contributed by atoms with Crippen molar-refractivity contribution in [2.45, 2.75) is 6.92 Å². The minimum Gasteiger partial charge on any atom is -0.267 e. The van der Waals surface area contributed by atoms with Crippen LogP contribution in [0.3, 0.4) is 0 Å². The van der Waals surface area contributed by atoms with E-state index in [0.717, 1.165) is 14.6 Å². The van der Waals surface area contributed by atoms with Crippen LogP contribution in [0.2, 0.25) is 0 Å². The molecule has 1 aromatic carbocycles. The molecule has 0 spiro atoms. The number of fused-ring (bicyclic) bond motifs is 1. The van der Waals surface area contributed by atoms with Crippen molar-refractivity contribution in [2.24, 2.45) is 7.05 Å². The lowest BCUT2D eigenvalue weighted by atomic mass is 10.1. The molecule has 1 heterocycles. The number of hydrogen-bond acceptors (Lipinski definition) is 3. The van der Waals surface area contributed by atoms with Gasteiger partial charge in [0.1, 0.15) is 3.70 Å². The SMILES string of the molecule is Cc1cc2c(cc1[N+](=O)[O-])c(I)nn2C. The molecule has 2 rings (SSSR count). The number of aromatic nitrogens is 2. The van der Waals surface area contributed by atoms with Crippen LogP contribution in [0.5, 0.6) is 0 Å². The Kier molecular flexibility index (Phi) is 2.37. The molecule has 0 radical (unpaired) electrons. The third kappa shape index (κ3) is 1.58. The van der Waals surface area contributed by atoms with E-state index in [1.54, 1.807) is 23.7 Å². The van der Waals surface area contributed by atoms with Crippen molar-refractivity contribution in [1.29, 1.82) is 0 Å². The fourth-order valence-corrected chi connectivity index (χ4v) is 2.31. The topological polar surface area (TPSA) is 61.0 Å². The summed E-state index contributed by atoms with van der Waals surface area (Å²) in [5.41, 5.74) is 1.72. The van der Waals surface area contributed by atoms with Gasteiger partial charge in [-0.3, -0.25) is 14.8 Å². The highest BCUT2D eigenvalue weighted by Gasteiger charge is 2.15. The number of aryl methyl sites for hydroxylation is 2. The molecule has 1 aromatic heterocycles. The molecule has 0 aliphatic carbocycles. The van der Waals surface area contributed by atoms with Gasteiger partial charge in [-0.2, -0.15) is 5.10 Å². The number of nitro benzene ring substituents is 1. The van der Waals surface area contributed by atoms with Gasteiger partial charge in [0.15, 0.2) is 0 Å². The molecule has 2 aromatic rings. The maximum atomic E-state index is 10.8. The number of hydrogen-bond donors (Lipinski definition) is 0. The molecule has 0 aliphatic heterocycles. The molecule has 0 fully saturated rings. The first kappa shape index (κ1) is 10.3. The Hall–Kier alpha value is -1.18. The molecular formula is C9H8IN3O2. The van der Waals surface area contributed by atoms with Gasteiger partial charge in [-0.1, -0.05) is 0 Å². The molecule has 0 bridgehead atoms. The fourth-order valence-electron chi connectivity index (χ4n) is 1.55. The number of benzene rings is 1. The second-order valence-corrected chi connectivity index (χ2v) is 4.35. The van der Waals surface area contributed by atoms with E-state index < -0.39 is 0 Å². The third-order valence-corrected chi connectivity index (χ3v) is 3.12. The molecule has 0 aliphatic rings. The van der Waals surface area contributed by atoms with Gasteiger partial charge in [-0.05, 0) is 35.6 Å². The average molecular weight is 317 g/mol. The minimum atomic E-state index is -0.363. The molecule has 5 nitrogen and oxygen atoms in total. The van der Waals surface area contributed by atoms with Crippen LogP contribution < -0.4 is 0 Å². The molecule has 6 heteroatoms. The van der Waals surface area contributed by atoms with Gasteiger partial charge in [-0.25, -0.2) is 0 Å². The van der Waals surface area contributed by atoms with Crippen LogP contribution in [0.1, 0.15) is 5.56 Å². The Morgan fingerprint density at radius 1 is 1.53 bits per heavy atom. The lowest BCUT2D eigenvalue weighted by Crippen LogP contribution is -1.93. The molecule has 15 heavy (non-hydrogen) atoms. The largest absolute Gasteiger partial charge is 0.273 e. The zero-order valence-electron chi connectivity index (χ0n) is 8.19. The molecule has 0 N–H and O–H groups in total. The number of nitrogens with zero attached hydrogens (tertiary/aromatic N) is 3. The molecule has 0 amide bonds. The van der Waals surface area contributed by atoms with Crippen molar-refractivity contribution in [1.82, 2.24) is 9.78 Å². The van der Waals surface area contributed by atoms with E-state index in [9.17, 15) is 10.1 Å². The molecule has 0 unspecified atom stereocenters. The Morgan fingerprint density at radius 2 is 2.20 bits per heavy atom. The van der Waals surface area contributed by atoms with Crippen molar-refractivity contribution in [2.75, 3.05) is 0 Å². The van der Waals surface area contributed by atoms with Crippen LogP contribution in [0.25, 0.3) is 10.9 Å². The van der Waals surface area contributed by atoms with E-state index >= 15 is 0 Å². The van der Waals surface area contributed by atoms with Gasteiger partial charge in [0.25, 0.3) is 5.69 Å². The van der Waals surface area contributed by atoms with Crippen molar-refractivity contribution in [3.05, 3.63) is 31.5 Å². The van der Waals surface area contributed by atoms with Crippen LogP contribution in [-0.2, 0) is 7.05 Å². The lowest BCUT2D eigenvalue weighted by Gasteiger charge is -1.98. The average Bonchev–Trinajstić information content (AvgIpc) is 2.41. The van der Waals surface area contributed by atoms with Crippen LogP contribution in [-0.4, -0.2) is 14.7 Å². The lowest BCUT2D eigenvalue weighted by molar-refractivity contribution is -0.385. The van der Waals surface area contributed by atoms with E-state index in [2.05, 4.69) is 27.7 Å². The number of halogens is 1. The molecule has 0 saturated heterocycles. The van der Waals surface area contributed by atoms with Crippen LogP contribution >= 0.6 is 22.6 Å². The normalized spacial score (nSPS) is 10.9. The maximum Gasteiger partial charge on any atom is 0.273 e. The predicted octanol–water partition coefficient (Wildman–Crippen LogP) is 2.39. The Balaban J connectivity index is 2.85. The summed E-state index contributed by atoms with van der Waals surface area (Å²) in [6.45, 7) is 1.73. The summed E-state index contributed by atoms with van der Waals surface area (Å²) in [5, 5.41) is 15.8. The molecule has 0 saturated carbocycles. The summed E-state index contributed by atoms with van der Waals surface area (Å²) in [7, 11) is 1.83. The highest BCUT2D eigenvalue weighted by atomic mass is 127. The van der Waals surface area contributed by atoms with Gasteiger partial charge < -0.3 is 0 Å².